The van der Waals surface area contributed by atoms with Crippen LogP contribution in [0.4, 0.5) is 0 Å². The normalized spacial score (nSPS) is 14.9. The Labute approximate surface area is 122 Å². The molecule has 2 aromatic heterocycles. The highest BCUT2D eigenvalue weighted by Crippen LogP contribution is 2.41. The van der Waals surface area contributed by atoms with Crippen molar-refractivity contribution in [1.82, 2.24) is 14.5 Å². The minimum Gasteiger partial charge on any atom is -0.350 e. The topological polar surface area (TPSA) is 30.7 Å². The zero-order valence-electron chi connectivity index (χ0n) is 11.2. The standard InChI is InChI=1S/C16H14ClN3/c1-20-9-13(14-6-7-18-16(17)19-14)12-5-4-11(8-15(12)20)10-2-3-10/h4-10H,2-3H2,1H3. The van der Waals surface area contributed by atoms with E-state index in [-0.39, 0.29) is 5.28 Å². The summed E-state index contributed by atoms with van der Waals surface area (Å²) in [7, 11) is 2.07. The molecule has 1 fully saturated rings. The molecule has 4 rings (SSSR count). The van der Waals surface area contributed by atoms with Crippen LogP contribution < -0.4 is 0 Å². The molecule has 1 aliphatic rings. The Bertz CT molecular complexity index is 803. The van der Waals surface area contributed by atoms with Crippen LogP contribution in [0.25, 0.3) is 22.2 Å². The molecule has 0 amide bonds. The number of rotatable bonds is 2. The average molecular weight is 284 g/mol. The van der Waals surface area contributed by atoms with Gasteiger partial charge < -0.3 is 4.57 Å². The first-order valence-electron chi connectivity index (χ1n) is 6.80. The number of halogens is 1. The van der Waals surface area contributed by atoms with E-state index in [9.17, 15) is 0 Å². The highest BCUT2D eigenvalue weighted by Gasteiger charge is 2.24. The Morgan fingerprint density at radius 3 is 2.85 bits per heavy atom. The minimum atomic E-state index is 0.286. The van der Waals surface area contributed by atoms with Gasteiger partial charge in [-0.25, -0.2) is 9.97 Å². The number of nitrogens with zero attached hydrogens (tertiary/aromatic N) is 3. The molecular weight excluding hydrogens is 270 g/mol. The molecule has 1 saturated carbocycles. The fourth-order valence-electron chi connectivity index (χ4n) is 2.76. The molecule has 2 heterocycles. The Kier molecular flexibility index (Phi) is 2.57. The second-order valence-corrected chi connectivity index (χ2v) is 5.75. The first-order chi connectivity index (χ1) is 9.72. The molecule has 0 spiro atoms. The Balaban J connectivity index is 1.92. The maximum atomic E-state index is 5.90. The summed E-state index contributed by atoms with van der Waals surface area (Å²) < 4.78 is 2.16. The predicted molar refractivity (Wildman–Crippen MR) is 80.9 cm³/mol. The summed E-state index contributed by atoms with van der Waals surface area (Å²) in [6, 6.07) is 8.65. The van der Waals surface area contributed by atoms with Crippen molar-refractivity contribution in [3.8, 4) is 11.3 Å². The molecule has 3 aromatic rings. The lowest BCUT2D eigenvalue weighted by Crippen LogP contribution is -1.85. The Morgan fingerprint density at radius 1 is 1.25 bits per heavy atom. The molecule has 0 atom stereocenters. The van der Waals surface area contributed by atoms with Gasteiger partial charge in [0.25, 0.3) is 0 Å². The van der Waals surface area contributed by atoms with Gasteiger partial charge in [0.2, 0.25) is 5.28 Å². The number of aryl methyl sites for hydroxylation is 1. The first-order valence-corrected chi connectivity index (χ1v) is 7.18. The summed E-state index contributed by atoms with van der Waals surface area (Å²) in [5.41, 5.74) is 4.68. The number of aromatic nitrogens is 3. The molecule has 4 heteroatoms. The van der Waals surface area contributed by atoms with E-state index in [1.54, 1.807) is 6.20 Å². The third-order valence-electron chi connectivity index (χ3n) is 3.97. The van der Waals surface area contributed by atoms with Crippen molar-refractivity contribution in [3.63, 3.8) is 0 Å². The smallest absolute Gasteiger partial charge is 0.222 e. The van der Waals surface area contributed by atoms with E-state index in [0.717, 1.165) is 17.2 Å². The lowest BCUT2D eigenvalue weighted by Gasteiger charge is -2.02. The molecule has 0 saturated heterocycles. The summed E-state index contributed by atoms with van der Waals surface area (Å²) in [5.74, 6) is 0.770. The van der Waals surface area contributed by atoms with Gasteiger partial charge in [0.15, 0.2) is 0 Å². The molecule has 0 aliphatic heterocycles. The second-order valence-electron chi connectivity index (χ2n) is 5.42. The molecule has 100 valence electrons. The van der Waals surface area contributed by atoms with Gasteiger partial charge in [-0.05, 0) is 48.1 Å². The van der Waals surface area contributed by atoms with Crippen molar-refractivity contribution in [1.29, 1.82) is 0 Å². The zero-order valence-corrected chi connectivity index (χ0v) is 11.9. The lowest BCUT2D eigenvalue weighted by atomic mass is 10.1. The van der Waals surface area contributed by atoms with Crippen LogP contribution >= 0.6 is 11.6 Å². The quantitative estimate of drug-likeness (QED) is 0.661. The van der Waals surface area contributed by atoms with E-state index in [0.29, 0.717) is 0 Å². The monoisotopic (exact) mass is 283 g/mol. The fraction of sp³-hybridized carbons (Fsp3) is 0.250. The molecule has 1 aliphatic carbocycles. The van der Waals surface area contributed by atoms with Crippen molar-refractivity contribution in [2.24, 2.45) is 7.05 Å². The third kappa shape index (κ3) is 1.90. The van der Waals surface area contributed by atoms with Crippen LogP contribution in [0.3, 0.4) is 0 Å². The second kappa shape index (κ2) is 4.32. The number of hydrogen-bond acceptors (Lipinski definition) is 2. The molecule has 0 unspecified atom stereocenters. The highest BCUT2D eigenvalue weighted by molar-refractivity contribution is 6.28. The van der Waals surface area contributed by atoms with Gasteiger partial charge in [0.1, 0.15) is 0 Å². The van der Waals surface area contributed by atoms with Crippen LogP contribution in [0.5, 0.6) is 0 Å². The van der Waals surface area contributed by atoms with Crippen LogP contribution in [0, 0.1) is 0 Å². The van der Waals surface area contributed by atoms with E-state index >= 15 is 0 Å². The maximum Gasteiger partial charge on any atom is 0.222 e. The van der Waals surface area contributed by atoms with E-state index in [2.05, 4.69) is 46.0 Å². The number of benzene rings is 1. The molecule has 0 radical (unpaired) electrons. The van der Waals surface area contributed by atoms with Gasteiger partial charge in [-0.3, -0.25) is 0 Å². The summed E-state index contributed by atoms with van der Waals surface area (Å²) in [5, 5.41) is 1.50. The largest absolute Gasteiger partial charge is 0.350 e. The van der Waals surface area contributed by atoms with Gasteiger partial charge >= 0.3 is 0 Å². The van der Waals surface area contributed by atoms with E-state index in [4.69, 9.17) is 11.6 Å². The van der Waals surface area contributed by atoms with Gasteiger partial charge in [-0.1, -0.05) is 12.1 Å². The van der Waals surface area contributed by atoms with Crippen molar-refractivity contribution in [2.45, 2.75) is 18.8 Å². The van der Waals surface area contributed by atoms with Crippen LogP contribution in [0.2, 0.25) is 5.28 Å². The van der Waals surface area contributed by atoms with Gasteiger partial charge in [0, 0.05) is 35.9 Å². The van der Waals surface area contributed by atoms with E-state index in [1.807, 2.05) is 6.07 Å². The van der Waals surface area contributed by atoms with Crippen LogP contribution in [-0.2, 0) is 7.05 Å². The van der Waals surface area contributed by atoms with E-state index < -0.39 is 0 Å². The van der Waals surface area contributed by atoms with Gasteiger partial charge in [-0.15, -0.1) is 0 Å². The lowest BCUT2D eigenvalue weighted by molar-refractivity contribution is 0.966. The number of hydrogen-bond donors (Lipinski definition) is 0. The summed E-state index contributed by atoms with van der Waals surface area (Å²) in [6.45, 7) is 0. The highest BCUT2D eigenvalue weighted by atomic mass is 35.5. The van der Waals surface area contributed by atoms with Gasteiger partial charge in [-0.2, -0.15) is 0 Å². The first kappa shape index (κ1) is 11.9. The van der Waals surface area contributed by atoms with Crippen LogP contribution in [0.15, 0.2) is 36.7 Å². The summed E-state index contributed by atoms with van der Waals surface area (Å²) >= 11 is 5.90. The van der Waals surface area contributed by atoms with E-state index in [1.165, 1.54) is 29.3 Å². The summed E-state index contributed by atoms with van der Waals surface area (Å²) in [4.78, 5) is 8.26. The van der Waals surface area contributed by atoms with Crippen molar-refractivity contribution in [3.05, 3.63) is 47.5 Å². The van der Waals surface area contributed by atoms with Crippen molar-refractivity contribution < 1.29 is 0 Å². The minimum absolute atomic E-state index is 0.286. The molecule has 3 nitrogen and oxygen atoms in total. The Hall–Kier alpha value is -1.87. The molecular formula is C16H14ClN3. The Morgan fingerprint density at radius 2 is 2.10 bits per heavy atom. The maximum absolute atomic E-state index is 5.90. The molecule has 20 heavy (non-hydrogen) atoms. The molecule has 0 N–H and O–H groups in total. The summed E-state index contributed by atoms with van der Waals surface area (Å²) in [6.07, 6.45) is 6.46. The fourth-order valence-corrected chi connectivity index (χ4v) is 2.91. The SMILES string of the molecule is Cn1cc(-c2ccnc(Cl)n2)c2ccc(C3CC3)cc21. The van der Waals surface area contributed by atoms with Gasteiger partial charge in [0.05, 0.1) is 5.69 Å². The average Bonchev–Trinajstić information content (AvgIpc) is 3.24. The van der Waals surface area contributed by atoms with Crippen LogP contribution in [-0.4, -0.2) is 14.5 Å². The molecule has 0 bridgehead atoms. The van der Waals surface area contributed by atoms with Crippen LogP contribution in [0.1, 0.15) is 24.3 Å². The third-order valence-corrected chi connectivity index (χ3v) is 4.15. The van der Waals surface area contributed by atoms with Crippen molar-refractivity contribution in [2.75, 3.05) is 0 Å². The zero-order chi connectivity index (χ0) is 13.7. The van der Waals surface area contributed by atoms with Crippen molar-refractivity contribution >= 4 is 22.5 Å². The predicted octanol–water partition coefficient (Wildman–Crippen LogP) is 4.17. The number of fused-ring (bicyclic) bond motifs is 1. The molecule has 1 aromatic carbocycles.